The average Bonchev–Trinajstić information content (AvgIpc) is 2.87. The molecule has 0 bridgehead atoms. The van der Waals surface area contributed by atoms with E-state index in [1.165, 1.54) is 57.2 Å². The smallest absolute Gasteiger partial charge is 0.406 e. The molecule has 9 heteroatoms. The Kier molecular flexibility index (Phi) is 7.49. The molecule has 0 amide bonds. The first-order valence-corrected chi connectivity index (χ1v) is 11.9. The van der Waals surface area contributed by atoms with E-state index in [2.05, 4.69) is 4.74 Å². The summed E-state index contributed by atoms with van der Waals surface area (Å²) in [6.07, 6.45) is -4.95. The van der Waals surface area contributed by atoms with Gasteiger partial charge in [-0.2, -0.15) is 5.26 Å². The Morgan fingerprint density at radius 1 is 0.821 bits per heavy atom. The quantitative estimate of drug-likeness (QED) is 0.182. The number of ether oxygens (including phenoxy) is 1. The second kappa shape index (κ2) is 10.5. The predicted octanol–water partition coefficient (Wildman–Crippen LogP) is 9.21. The first-order chi connectivity index (χ1) is 18.3. The van der Waals surface area contributed by atoms with Gasteiger partial charge in [-0.3, -0.25) is 4.79 Å². The van der Waals surface area contributed by atoms with Crippen molar-refractivity contribution in [2.75, 3.05) is 0 Å². The Labute approximate surface area is 226 Å². The number of carbonyl (C=O) groups is 1. The molecule has 3 nitrogen and oxygen atoms in total. The molecule has 0 radical (unpaired) electrons. The van der Waals surface area contributed by atoms with E-state index in [1.807, 2.05) is 6.07 Å². The minimum absolute atomic E-state index is 0.000846. The van der Waals surface area contributed by atoms with Gasteiger partial charge in [0.25, 0.3) is 0 Å². The van der Waals surface area contributed by atoms with E-state index in [-0.39, 0.29) is 55.3 Å². The van der Waals surface area contributed by atoms with Crippen molar-refractivity contribution in [3.63, 3.8) is 0 Å². The Morgan fingerprint density at radius 3 is 2.05 bits per heavy atom. The molecular formula is C30H19ClF5NO2. The number of nitrogens with zero attached hydrogens (tertiary/aromatic N) is 1. The summed E-state index contributed by atoms with van der Waals surface area (Å²) in [4.78, 5) is 12.0. The van der Waals surface area contributed by atoms with Crippen molar-refractivity contribution < 1.29 is 31.5 Å². The van der Waals surface area contributed by atoms with Gasteiger partial charge in [-0.15, -0.1) is 13.2 Å². The third kappa shape index (κ3) is 5.79. The van der Waals surface area contributed by atoms with E-state index in [4.69, 9.17) is 11.6 Å². The Balaban J connectivity index is 1.91. The summed E-state index contributed by atoms with van der Waals surface area (Å²) >= 11 is 6.23. The van der Waals surface area contributed by atoms with E-state index < -0.39 is 23.7 Å². The number of hydrogen-bond acceptors (Lipinski definition) is 3. The summed E-state index contributed by atoms with van der Waals surface area (Å²) in [6, 6.07) is 15.5. The maximum absolute atomic E-state index is 15.3. The highest BCUT2D eigenvalue weighted by Gasteiger charge is 2.31. The number of halogens is 6. The van der Waals surface area contributed by atoms with Gasteiger partial charge in [-0.1, -0.05) is 17.7 Å². The van der Waals surface area contributed by atoms with Gasteiger partial charge in [0.05, 0.1) is 11.6 Å². The molecule has 4 aromatic carbocycles. The van der Waals surface area contributed by atoms with Crippen molar-refractivity contribution in [1.29, 1.82) is 5.26 Å². The largest absolute Gasteiger partial charge is 0.573 e. The van der Waals surface area contributed by atoms with Crippen LogP contribution in [0.15, 0.2) is 60.7 Å². The Hall–Kier alpha value is -4.22. The fraction of sp³-hybridized carbons (Fsp3) is 0.133. The lowest BCUT2D eigenvalue weighted by atomic mass is 9.90. The van der Waals surface area contributed by atoms with Crippen molar-refractivity contribution in [2.45, 2.75) is 27.1 Å². The van der Waals surface area contributed by atoms with Crippen molar-refractivity contribution in [3.8, 4) is 45.2 Å². The van der Waals surface area contributed by atoms with E-state index >= 15 is 8.78 Å². The van der Waals surface area contributed by atoms with Crippen LogP contribution in [0.2, 0.25) is 5.02 Å². The molecule has 0 N–H and O–H groups in total. The molecule has 0 saturated heterocycles. The summed E-state index contributed by atoms with van der Waals surface area (Å²) in [5.74, 6) is -2.14. The van der Waals surface area contributed by atoms with Gasteiger partial charge in [-0.05, 0) is 97.6 Å². The molecule has 0 aliphatic carbocycles. The molecule has 0 aliphatic heterocycles. The highest BCUT2D eigenvalue weighted by atomic mass is 35.5. The normalized spacial score (nSPS) is 11.3. The van der Waals surface area contributed by atoms with Crippen molar-refractivity contribution in [3.05, 3.63) is 99.6 Å². The molecule has 0 aromatic heterocycles. The van der Waals surface area contributed by atoms with Gasteiger partial charge in [-0.25, -0.2) is 8.78 Å². The number of carbonyl (C=O) groups excluding carboxylic acids is 1. The molecule has 0 atom stereocenters. The van der Waals surface area contributed by atoms with E-state index in [1.54, 1.807) is 12.1 Å². The molecule has 4 aromatic rings. The van der Waals surface area contributed by atoms with Crippen LogP contribution >= 0.6 is 11.6 Å². The number of benzene rings is 4. The molecular weight excluding hydrogens is 537 g/mol. The van der Waals surface area contributed by atoms with Gasteiger partial charge in [0, 0.05) is 32.8 Å². The number of rotatable bonds is 5. The first kappa shape index (κ1) is 27.8. The molecule has 0 fully saturated rings. The summed E-state index contributed by atoms with van der Waals surface area (Å²) in [5.41, 5.74) is 1.91. The van der Waals surface area contributed by atoms with E-state index in [0.717, 1.165) is 12.1 Å². The fourth-order valence-electron chi connectivity index (χ4n) is 4.25. The van der Waals surface area contributed by atoms with Crippen LogP contribution in [-0.2, 0) is 0 Å². The highest BCUT2D eigenvalue weighted by molar-refractivity contribution is 6.33. The zero-order valence-corrected chi connectivity index (χ0v) is 21.6. The SMILES string of the molecule is CC(=O)c1cc(C)c(F)c(-c2cc(-c3cc(C)c(F)c(-c4cc(OC(F)(F)F)ccc4Cl)c3)ccc2C#N)c1. The molecule has 0 aliphatic rings. The van der Waals surface area contributed by atoms with E-state index in [9.17, 15) is 23.2 Å². The van der Waals surface area contributed by atoms with Crippen LogP contribution in [0, 0.1) is 36.8 Å². The number of Topliss-reactive ketones (excluding diaryl/α,β-unsaturated/α-hetero) is 1. The highest BCUT2D eigenvalue weighted by Crippen LogP contribution is 2.39. The van der Waals surface area contributed by atoms with Gasteiger partial charge >= 0.3 is 6.36 Å². The van der Waals surface area contributed by atoms with Crippen LogP contribution in [0.5, 0.6) is 5.75 Å². The van der Waals surface area contributed by atoms with Crippen LogP contribution in [-0.4, -0.2) is 12.1 Å². The molecule has 0 saturated carbocycles. The molecule has 0 heterocycles. The number of alkyl halides is 3. The van der Waals surface area contributed by atoms with E-state index in [0.29, 0.717) is 11.1 Å². The van der Waals surface area contributed by atoms with Crippen molar-refractivity contribution in [2.24, 2.45) is 0 Å². The number of ketones is 1. The number of aryl methyl sites for hydroxylation is 2. The lowest BCUT2D eigenvalue weighted by Crippen LogP contribution is -2.17. The summed E-state index contributed by atoms with van der Waals surface area (Å²) in [7, 11) is 0. The maximum atomic E-state index is 15.3. The van der Waals surface area contributed by atoms with Gasteiger partial charge in [0.15, 0.2) is 5.78 Å². The third-order valence-corrected chi connectivity index (χ3v) is 6.47. The number of nitriles is 1. The van der Waals surface area contributed by atoms with Crippen molar-refractivity contribution >= 4 is 17.4 Å². The zero-order chi connectivity index (χ0) is 28.6. The standard InChI is InChI=1S/C30H19ClF5NO2/c1-15-8-20(17(3)38)11-25(28(15)32)23-10-18(4-5-19(23)14-37)21-9-16(2)29(33)26(12-21)24-13-22(6-7-27(24)31)39-30(34,35)36/h4-13H,1-3H3. The van der Waals surface area contributed by atoms with Crippen LogP contribution in [0.3, 0.4) is 0 Å². The lowest BCUT2D eigenvalue weighted by molar-refractivity contribution is -0.274. The molecule has 4 rings (SSSR count). The predicted molar refractivity (Wildman–Crippen MR) is 139 cm³/mol. The molecule has 0 unspecified atom stereocenters. The summed E-state index contributed by atoms with van der Waals surface area (Å²) in [6.45, 7) is 4.34. The fourth-order valence-corrected chi connectivity index (χ4v) is 4.47. The van der Waals surface area contributed by atoms with Gasteiger partial charge in [0.1, 0.15) is 17.4 Å². The minimum atomic E-state index is -4.95. The Bertz CT molecular complexity index is 1670. The van der Waals surface area contributed by atoms with Crippen LogP contribution in [0.1, 0.15) is 34.0 Å². The summed E-state index contributed by atoms with van der Waals surface area (Å²) in [5, 5.41) is 9.69. The zero-order valence-electron chi connectivity index (χ0n) is 20.8. The Morgan fingerprint density at radius 2 is 1.44 bits per heavy atom. The first-order valence-electron chi connectivity index (χ1n) is 11.5. The van der Waals surface area contributed by atoms with Gasteiger partial charge in [0.2, 0.25) is 0 Å². The van der Waals surface area contributed by atoms with Crippen LogP contribution in [0.4, 0.5) is 22.0 Å². The van der Waals surface area contributed by atoms with Gasteiger partial charge < -0.3 is 4.74 Å². The maximum Gasteiger partial charge on any atom is 0.573 e. The number of hydrogen-bond donors (Lipinski definition) is 0. The lowest BCUT2D eigenvalue weighted by Gasteiger charge is -2.15. The topological polar surface area (TPSA) is 50.1 Å². The monoisotopic (exact) mass is 555 g/mol. The van der Waals surface area contributed by atoms with Crippen LogP contribution in [0.25, 0.3) is 33.4 Å². The average molecular weight is 556 g/mol. The van der Waals surface area contributed by atoms with Crippen molar-refractivity contribution in [1.82, 2.24) is 0 Å². The molecule has 0 spiro atoms. The third-order valence-electron chi connectivity index (χ3n) is 6.14. The molecule has 198 valence electrons. The minimum Gasteiger partial charge on any atom is -0.406 e. The second-order valence-electron chi connectivity index (χ2n) is 8.93. The summed E-state index contributed by atoms with van der Waals surface area (Å²) < 4.78 is 72.8. The van der Waals surface area contributed by atoms with Crippen LogP contribution < -0.4 is 4.74 Å². The second-order valence-corrected chi connectivity index (χ2v) is 9.33. The molecule has 39 heavy (non-hydrogen) atoms.